The Morgan fingerprint density at radius 1 is 0.393 bits per heavy atom. The van der Waals surface area contributed by atoms with Crippen LogP contribution < -0.4 is 0 Å². The molecule has 0 aliphatic heterocycles. The molecule has 0 saturated carbocycles. The zero-order valence-electron chi connectivity index (χ0n) is 15.1. The summed E-state index contributed by atoms with van der Waals surface area (Å²) in [7, 11) is 0. The zero-order chi connectivity index (χ0) is 18.5. The van der Waals surface area contributed by atoms with E-state index in [1.165, 1.54) is 32.3 Å². The minimum absolute atomic E-state index is 0.894. The van der Waals surface area contributed by atoms with Crippen LogP contribution in [0.4, 0.5) is 0 Å². The van der Waals surface area contributed by atoms with Gasteiger partial charge in [0.05, 0.1) is 12.5 Å². The Hall–Kier alpha value is -3.78. The summed E-state index contributed by atoms with van der Waals surface area (Å²) in [5, 5.41) is 7.36. The van der Waals surface area contributed by atoms with E-state index in [1.54, 1.807) is 12.5 Å². The van der Waals surface area contributed by atoms with E-state index >= 15 is 0 Å². The van der Waals surface area contributed by atoms with Crippen molar-refractivity contribution in [1.29, 1.82) is 0 Å². The van der Waals surface area contributed by atoms with Gasteiger partial charge in [0.25, 0.3) is 0 Å². The van der Waals surface area contributed by atoms with Crippen molar-refractivity contribution in [2.45, 2.75) is 0 Å². The van der Waals surface area contributed by atoms with Gasteiger partial charge in [-0.2, -0.15) is 0 Å². The molecule has 0 unspecified atom stereocenters. The van der Waals surface area contributed by atoms with Crippen molar-refractivity contribution in [2.24, 2.45) is 0 Å². The van der Waals surface area contributed by atoms with E-state index < -0.39 is 0 Å². The van der Waals surface area contributed by atoms with Crippen LogP contribution in [-0.4, -0.2) is 0 Å². The first-order valence-corrected chi connectivity index (χ1v) is 9.33. The SMILES string of the molecule is c1coc(-c2ccc3cc4cc5cc(-c6ccco6)ccc5cc4cc3c2)c1. The first-order chi connectivity index (χ1) is 13.8. The maximum atomic E-state index is 5.55. The summed E-state index contributed by atoms with van der Waals surface area (Å²) >= 11 is 0. The molecule has 2 heteroatoms. The van der Waals surface area contributed by atoms with Crippen LogP contribution in [0.15, 0.2) is 106 Å². The molecule has 2 aromatic heterocycles. The second-order valence-electron chi connectivity index (χ2n) is 7.13. The van der Waals surface area contributed by atoms with E-state index in [1.807, 2.05) is 24.3 Å². The van der Waals surface area contributed by atoms with E-state index in [9.17, 15) is 0 Å². The summed E-state index contributed by atoms with van der Waals surface area (Å²) in [5.41, 5.74) is 2.20. The van der Waals surface area contributed by atoms with Gasteiger partial charge >= 0.3 is 0 Å². The third kappa shape index (κ3) is 2.43. The molecule has 6 aromatic rings. The summed E-state index contributed by atoms with van der Waals surface area (Å²) < 4.78 is 11.1. The number of rotatable bonds is 2. The molecule has 0 fully saturated rings. The van der Waals surface area contributed by atoms with Crippen molar-refractivity contribution < 1.29 is 8.83 Å². The number of hydrogen-bond acceptors (Lipinski definition) is 2. The topological polar surface area (TPSA) is 26.3 Å². The first kappa shape index (κ1) is 15.3. The molecule has 2 nitrogen and oxygen atoms in total. The number of fused-ring (bicyclic) bond motifs is 3. The molecule has 0 radical (unpaired) electrons. The summed E-state index contributed by atoms with van der Waals surface area (Å²) in [5.74, 6) is 1.79. The molecule has 0 amide bonds. The van der Waals surface area contributed by atoms with Crippen molar-refractivity contribution in [1.82, 2.24) is 0 Å². The number of furan rings is 2. The van der Waals surface area contributed by atoms with Crippen molar-refractivity contribution in [2.75, 3.05) is 0 Å². The highest BCUT2D eigenvalue weighted by Gasteiger charge is 2.07. The quantitative estimate of drug-likeness (QED) is 0.296. The molecule has 2 heterocycles. The van der Waals surface area contributed by atoms with E-state index in [0.29, 0.717) is 0 Å². The lowest BCUT2D eigenvalue weighted by atomic mass is 9.97. The Kier molecular flexibility index (Phi) is 3.20. The lowest BCUT2D eigenvalue weighted by Gasteiger charge is -2.08. The van der Waals surface area contributed by atoms with Gasteiger partial charge in [-0.05, 0) is 93.0 Å². The second kappa shape index (κ2) is 5.86. The average molecular weight is 360 g/mol. The molecule has 0 atom stereocenters. The molecule has 0 spiro atoms. The molecular weight excluding hydrogens is 344 g/mol. The summed E-state index contributed by atoms with van der Waals surface area (Å²) in [6.45, 7) is 0. The standard InChI is InChI=1S/C26H16O2/c1-3-25(27-9-1)19-7-5-17-11-24-16-22-14-20(26-4-2-10-28-26)8-6-18(22)12-23(24)15-21(17)13-19/h1-16H. The Morgan fingerprint density at radius 3 is 1.25 bits per heavy atom. The molecule has 0 aliphatic rings. The third-order valence-corrected chi connectivity index (χ3v) is 5.36. The Labute approximate surface area is 161 Å². The Bertz CT molecular complexity index is 1330. The lowest BCUT2D eigenvalue weighted by Crippen LogP contribution is -1.82. The molecule has 0 N–H and O–H groups in total. The van der Waals surface area contributed by atoms with E-state index in [0.717, 1.165) is 22.6 Å². The molecule has 132 valence electrons. The van der Waals surface area contributed by atoms with E-state index in [2.05, 4.69) is 60.7 Å². The largest absolute Gasteiger partial charge is 0.464 e. The molecule has 4 aromatic carbocycles. The van der Waals surface area contributed by atoms with E-state index in [4.69, 9.17) is 8.83 Å². The summed E-state index contributed by atoms with van der Waals surface area (Å²) in [6, 6.07) is 29.8. The highest BCUT2D eigenvalue weighted by Crippen LogP contribution is 2.32. The van der Waals surface area contributed by atoms with Crippen LogP contribution in [0.5, 0.6) is 0 Å². The smallest absolute Gasteiger partial charge is 0.133 e. The minimum atomic E-state index is 0.894. The first-order valence-electron chi connectivity index (χ1n) is 9.33. The van der Waals surface area contributed by atoms with Gasteiger partial charge in [0, 0.05) is 11.1 Å². The van der Waals surface area contributed by atoms with Crippen LogP contribution in [0.2, 0.25) is 0 Å². The van der Waals surface area contributed by atoms with Gasteiger partial charge in [-0.3, -0.25) is 0 Å². The summed E-state index contributed by atoms with van der Waals surface area (Å²) in [6.07, 6.45) is 3.42. The van der Waals surface area contributed by atoms with Gasteiger partial charge in [0.1, 0.15) is 11.5 Å². The molecule has 0 saturated heterocycles. The highest BCUT2D eigenvalue weighted by atomic mass is 16.3. The summed E-state index contributed by atoms with van der Waals surface area (Å²) in [4.78, 5) is 0. The van der Waals surface area contributed by atoms with Crippen molar-refractivity contribution in [3.63, 3.8) is 0 Å². The lowest BCUT2D eigenvalue weighted by molar-refractivity contribution is 0.582. The Balaban J connectivity index is 1.54. The van der Waals surface area contributed by atoms with Crippen LogP contribution >= 0.6 is 0 Å². The average Bonchev–Trinajstić information content (AvgIpc) is 3.44. The fourth-order valence-corrected chi connectivity index (χ4v) is 3.94. The van der Waals surface area contributed by atoms with Gasteiger partial charge < -0.3 is 8.83 Å². The third-order valence-electron chi connectivity index (χ3n) is 5.36. The normalized spacial score (nSPS) is 11.6. The van der Waals surface area contributed by atoms with Crippen molar-refractivity contribution >= 4 is 32.3 Å². The van der Waals surface area contributed by atoms with Crippen LogP contribution in [0, 0.1) is 0 Å². The van der Waals surface area contributed by atoms with Crippen LogP contribution in [0.3, 0.4) is 0 Å². The van der Waals surface area contributed by atoms with Crippen LogP contribution in [-0.2, 0) is 0 Å². The number of benzene rings is 4. The maximum Gasteiger partial charge on any atom is 0.133 e. The fraction of sp³-hybridized carbons (Fsp3) is 0. The highest BCUT2D eigenvalue weighted by molar-refractivity contribution is 6.05. The van der Waals surface area contributed by atoms with Crippen molar-refractivity contribution in [3.05, 3.63) is 97.5 Å². The monoisotopic (exact) mass is 360 g/mol. The second-order valence-corrected chi connectivity index (χ2v) is 7.13. The van der Waals surface area contributed by atoms with Gasteiger partial charge in [0.15, 0.2) is 0 Å². The zero-order valence-corrected chi connectivity index (χ0v) is 15.1. The molecular formula is C26H16O2. The van der Waals surface area contributed by atoms with Gasteiger partial charge in [-0.15, -0.1) is 0 Å². The van der Waals surface area contributed by atoms with Gasteiger partial charge in [-0.1, -0.05) is 24.3 Å². The maximum absolute atomic E-state index is 5.55. The molecule has 0 aliphatic carbocycles. The predicted molar refractivity (Wildman–Crippen MR) is 114 cm³/mol. The number of hydrogen-bond donors (Lipinski definition) is 0. The molecule has 0 bridgehead atoms. The van der Waals surface area contributed by atoms with Crippen LogP contribution in [0.1, 0.15) is 0 Å². The van der Waals surface area contributed by atoms with Crippen LogP contribution in [0.25, 0.3) is 55.0 Å². The van der Waals surface area contributed by atoms with Crippen molar-refractivity contribution in [3.8, 4) is 22.6 Å². The van der Waals surface area contributed by atoms with E-state index in [-0.39, 0.29) is 0 Å². The predicted octanol–water partition coefficient (Wildman–Crippen LogP) is 7.67. The molecule has 6 rings (SSSR count). The van der Waals surface area contributed by atoms with Gasteiger partial charge in [-0.25, -0.2) is 0 Å². The molecule has 28 heavy (non-hydrogen) atoms. The minimum Gasteiger partial charge on any atom is -0.464 e. The van der Waals surface area contributed by atoms with Gasteiger partial charge in [0.2, 0.25) is 0 Å². The fourth-order valence-electron chi connectivity index (χ4n) is 3.94. The Morgan fingerprint density at radius 2 is 0.821 bits per heavy atom.